The summed E-state index contributed by atoms with van der Waals surface area (Å²) in [6.07, 6.45) is 2.56. The summed E-state index contributed by atoms with van der Waals surface area (Å²) in [7, 11) is 0. The molecule has 24 heavy (non-hydrogen) atoms. The van der Waals surface area contributed by atoms with E-state index in [-0.39, 0.29) is 12.0 Å². The second-order valence-corrected chi connectivity index (χ2v) is 7.13. The van der Waals surface area contributed by atoms with Crippen molar-refractivity contribution in [2.24, 2.45) is 0 Å². The SMILES string of the molecule is OCCNCC(O)CC12CCC(c3ccccc31)c1ccccc12. The van der Waals surface area contributed by atoms with E-state index in [1.54, 1.807) is 0 Å². The van der Waals surface area contributed by atoms with Crippen molar-refractivity contribution < 1.29 is 10.2 Å². The predicted molar refractivity (Wildman–Crippen MR) is 95.3 cm³/mol. The highest BCUT2D eigenvalue weighted by Gasteiger charge is 2.48. The summed E-state index contributed by atoms with van der Waals surface area (Å²) in [4.78, 5) is 0. The first-order valence-corrected chi connectivity index (χ1v) is 8.95. The van der Waals surface area contributed by atoms with Gasteiger partial charge in [-0.05, 0) is 41.5 Å². The van der Waals surface area contributed by atoms with Gasteiger partial charge in [0.15, 0.2) is 0 Å². The Morgan fingerprint density at radius 2 is 1.67 bits per heavy atom. The third kappa shape index (κ3) is 2.39. The lowest BCUT2D eigenvalue weighted by atomic mass is 9.53. The summed E-state index contributed by atoms with van der Waals surface area (Å²) in [5.41, 5.74) is 5.61. The first-order chi connectivity index (χ1) is 11.8. The summed E-state index contributed by atoms with van der Waals surface area (Å²) in [6.45, 7) is 1.15. The number of aliphatic hydroxyl groups is 2. The van der Waals surface area contributed by atoms with Crippen LogP contribution in [0.25, 0.3) is 0 Å². The molecular formula is C21H25NO2. The first-order valence-electron chi connectivity index (χ1n) is 8.95. The zero-order valence-corrected chi connectivity index (χ0v) is 13.9. The number of aliphatic hydroxyl groups excluding tert-OH is 2. The Morgan fingerprint density at radius 1 is 1.04 bits per heavy atom. The van der Waals surface area contributed by atoms with Crippen molar-refractivity contribution in [2.75, 3.05) is 19.7 Å². The lowest BCUT2D eigenvalue weighted by Crippen LogP contribution is -2.44. The maximum Gasteiger partial charge on any atom is 0.0676 e. The summed E-state index contributed by atoms with van der Waals surface area (Å²) in [5.74, 6) is 0.504. The molecule has 2 aromatic rings. The van der Waals surface area contributed by atoms with Crippen molar-refractivity contribution in [3.05, 3.63) is 70.8 Å². The predicted octanol–water partition coefficient (Wildman–Crippen LogP) is 2.54. The topological polar surface area (TPSA) is 52.5 Å². The van der Waals surface area contributed by atoms with Crippen molar-refractivity contribution in [3.63, 3.8) is 0 Å². The third-order valence-corrected chi connectivity index (χ3v) is 5.82. The summed E-state index contributed by atoms with van der Waals surface area (Å²) in [5, 5.41) is 22.7. The van der Waals surface area contributed by atoms with Crippen LogP contribution in [0.3, 0.4) is 0 Å². The summed E-state index contributed by atoms with van der Waals surface area (Å²) >= 11 is 0. The van der Waals surface area contributed by atoms with Crippen LogP contribution in [0, 0.1) is 0 Å². The Labute approximate surface area is 143 Å². The van der Waals surface area contributed by atoms with Gasteiger partial charge < -0.3 is 15.5 Å². The lowest BCUT2D eigenvalue weighted by Gasteiger charge is -2.50. The normalized spacial score (nSPS) is 25.2. The fraction of sp³-hybridized carbons (Fsp3) is 0.429. The van der Waals surface area contributed by atoms with Gasteiger partial charge in [0.2, 0.25) is 0 Å². The van der Waals surface area contributed by atoms with Gasteiger partial charge in [-0.3, -0.25) is 0 Å². The first kappa shape index (κ1) is 15.8. The highest BCUT2D eigenvalue weighted by molar-refractivity contribution is 5.59. The Bertz CT molecular complexity index is 680. The summed E-state index contributed by atoms with van der Waals surface area (Å²) in [6, 6.07) is 17.6. The number of hydrogen-bond donors (Lipinski definition) is 3. The molecule has 0 amide bonds. The Kier molecular flexibility index (Phi) is 4.17. The zero-order chi connectivity index (χ0) is 16.6. The van der Waals surface area contributed by atoms with Crippen molar-refractivity contribution in [2.45, 2.75) is 36.7 Å². The molecule has 0 heterocycles. The van der Waals surface area contributed by atoms with Gasteiger partial charge >= 0.3 is 0 Å². The largest absolute Gasteiger partial charge is 0.395 e. The minimum absolute atomic E-state index is 0.0811. The second-order valence-electron chi connectivity index (χ2n) is 7.13. The highest BCUT2D eigenvalue weighted by Crippen LogP contribution is 2.57. The van der Waals surface area contributed by atoms with Gasteiger partial charge in [0.1, 0.15) is 0 Å². The molecule has 0 saturated carbocycles. The van der Waals surface area contributed by atoms with E-state index < -0.39 is 6.10 Å². The molecule has 0 saturated heterocycles. The van der Waals surface area contributed by atoms with Gasteiger partial charge in [0, 0.05) is 24.4 Å². The minimum Gasteiger partial charge on any atom is -0.395 e. The maximum absolute atomic E-state index is 10.6. The Morgan fingerprint density at radius 3 is 2.29 bits per heavy atom. The average Bonchev–Trinajstić information content (AvgIpc) is 2.63. The van der Waals surface area contributed by atoms with Crippen molar-refractivity contribution in [1.29, 1.82) is 0 Å². The lowest BCUT2D eigenvalue weighted by molar-refractivity contribution is 0.126. The molecule has 0 aliphatic heterocycles. The van der Waals surface area contributed by atoms with Crippen LogP contribution in [0.2, 0.25) is 0 Å². The zero-order valence-electron chi connectivity index (χ0n) is 13.9. The van der Waals surface area contributed by atoms with Crippen LogP contribution in [0.5, 0.6) is 0 Å². The van der Waals surface area contributed by atoms with Gasteiger partial charge in [-0.2, -0.15) is 0 Å². The fourth-order valence-electron chi connectivity index (χ4n) is 4.90. The molecule has 3 aliphatic rings. The molecule has 1 atom stereocenters. The van der Waals surface area contributed by atoms with Crippen molar-refractivity contribution >= 4 is 0 Å². The van der Waals surface area contributed by atoms with Gasteiger partial charge in [0.05, 0.1) is 12.7 Å². The van der Waals surface area contributed by atoms with Gasteiger partial charge in [-0.25, -0.2) is 0 Å². The van der Waals surface area contributed by atoms with Gasteiger partial charge in [0.25, 0.3) is 0 Å². The van der Waals surface area contributed by atoms with E-state index in [4.69, 9.17) is 5.11 Å². The maximum atomic E-state index is 10.6. The monoisotopic (exact) mass is 323 g/mol. The van der Waals surface area contributed by atoms with Gasteiger partial charge in [-0.15, -0.1) is 0 Å². The van der Waals surface area contributed by atoms with Crippen LogP contribution >= 0.6 is 0 Å². The van der Waals surface area contributed by atoms with Crippen LogP contribution in [-0.4, -0.2) is 36.0 Å². The molecule has 126 valence electrons. The van der Waals surface area contributed by atoms with E-state index in [0.717, 1.165) is 19.3 Å². The third-order valence-electron chi connectivity index (χ3n) is 5.82. The molecule has 3 heteroatoms. The van der Waals surface area contributed by atoms with Crippen LogP contribution < -0.4 is 5.32 Å². The number of benzene rings is 2. The average molecular weight is 323 g/mol. The van der Waals surface area contributed by atoms with E-state index in [0.29, 0.717) is 19.0 Å². The Hall–Kier alpha value is -1.68. The minimum atomic E-state index is -0.424. The molecule has 3 nitrogen and oxygen atoms in total. The number of rotatable bonds is 6. The molecule has 0 radical (unpaired) electrons. The quantitative estimate of drug-likeness (QED) is 0.716. The van der Waals surface area contributed by atoms with Crippen molar-refractivity contribution in [3.8, 4) is 0 Å². The Balaban J connectivity index is 1.74. The van der Waals surface area contributed by atoms with E-state index in [1.807, 2.05) is 0 Å². The van der Waals surface area contributed by atoms with E-state index >= 15 is 0 Å². The van der Waals surface area contributed by atoms with Crippen LogP contribution in [0.1, 0.15) is 47.4 Å². The molecule has 1 unspecified atom stereocenters. The number of nitrogens with one attached hydrogen (secondary N) is 1. The second kappa shape index (κ2) is 6.32. The fourth-order valence-corrected chi connectivity index (χ4v) is 4.90. The molecule has 0 fully saturated rings. The van der Waals surface area contributed by atoms with Crippen LogP contribution in [-0.2, 0) is 5.41 Å². The molecule has 3 aliphatic carbocycles. The van der Waals surface area contributed by atoms with Crippen molar-refractivity contribution in [1.82, 2.24) is 5.32 Å². The van der Waals surface area contributed by atoms with Crippen LogP contribution in [0.4, 0.5) is 0 Å². The summed E-state index contributed by atoms with van der Waals surface area (Å²) < 4.78 is 0. The highest BCUT2D eigenvalue weighted by atomic mass is 16.3. The van der Waals surface area contributed by atoms with Gasteiger partial charge in [-0.1, -0.05) is 48.5 Å². The molecule has 5 rings (SSSR count). The molecule has 2 aromatic carbocycles. The molecule has 0 aromatic heterocycles. The molecular weight excluding hydrogens is 298 g/mol. The van der Waals surface area contributed by atoms with E-state index in [1.165, 1.54) is 22.3 Å². The molecule has 3 N–H and O–H groups in total. The van der Waals surface area contributed by atoms with E-state index in [9.17, 15) is 5.11 Å². The van der Waals surface area contributed by atoms with E-state index in [2.05, 4.69) is 53.8 Å². The number of fused-ring (bicyclic) bond motifs is 1. The van der Waals surface area contributed by atoms with Crippen LogP contribution in [0.15, 0.2) is 48.5 Å². The number of hydrogen-bond acceptors (Lipinski definition) is 3. The molecule has 0 spiro atoms. The smallest absolute Gasteiger partial charge is 0.0676 e. The molecule has 2 bridgehead atoms. The standard InChI is InChI=1S/C21H25NO2/c23-12-11-22-14-15(24)13-21-10-9-16(17-5-1-3-7-19(17)21)18-6-2-4-8-20(18)21/h1-8,15-16,22-24H,9-14H2.